The van der Waals surface area contributed by atoms with Crippen LogP contribution in [-0.2, 0) is 9.53 Å². The van der Waals surface area contributed by atoms with Gasteiger partial charge in [0, 0.05) is 18.1 Å². The largest absolute Gasteiger partial charge is 0.383 e. The van der Waals surface area contributed by atoms with E-state index in [-0.39, 0.29) is 11.9 Å². The third-order valence-electron chi connectivity index (χ3n) is 2.30. The zero-order valence-electron chi connectivity index (χ0n) is 10.3. The molecule has 0 saturated heterocycles. The molecule has 0 aliphatic carbocycles. The highest BCUT2D eigenvalue weighted by atomic mass is 79.9. The van der Waals surface area contributed by atoms with Crippen LogP contribution < -0.4 is 10.6 Å². The molecule has 0 spiro atoms. The number of ether oxygens (including phenoxy) is 1. The average molecular weight is 336 g/mol. The molecule has 0 heterocycles. The maximum Gasteiger partial charge on any atom is 0.242 e. The Labute approximate surface area is 120 Å². The van der Waals surface area contributed by atoms with Crippen molar-refractivity contribution in [3.8, 4) is 0 Å². The van der Waals surface area contributed by atoms with Gasteiger partial charge in [0.15, 0.2) is 0 Å². The highest BCUT2D eigenvalue weighted by Crippen LogP contribution is 2.26. The lowest BCUT2D eigenvalue weighted by atomic mass is 10.2. The Kier molecular flexibility index (Phi) is 6.46. The number of hydrogen-bond acceptors (Lipinski definition) is 3. The van der Waals surface area contributed by atoms with Gasteiger partial charge >= 0.3 is 0 Å². The lowest BCUT2D eigenvalue weighted by molar-refractivity contribution is -0.121. The molecule has 1 aromatic rings. The maximum absolute atomic E-state index is 11.7. The predicted molar refractivity (Wildman–Crippen MR) is 77.1 cm³/mol. The molecule has 1 unspecified atom stereocenters. The molecule has 100 valence electrons. The van der Waals surface area contributed by atoms with Gasteiger partial charge in [0.05, 0.1) is 17.3 Å². The summed E-state index contributed by atoms with van der Waals surface area (Å²) in [5.74, 6) is -0.0916. The Morgan fingerprint density at radius 1 is 1.56 bits per heavy atom. The lowest BCUT2D eigenvalue weighted by Gasteiger charge is -2.16. The molecule has 4 nitrogen and oxygen atoms in total. The zero-order valence-corrected chi connectivity index (χ0v) is 12.6. The molecular formula is C12H16BrClN2O2. The minimum atomic E-state index is -0.361. The van der Waals surface area contributed by atoms with Gasteiger partial charge in [0.1, 0.15) is 6.04 Å². The van der Waals surface area contributed by atoms with Crippen LogP contribution in [0, 0.1) is 0 Å². The van der Waals surface area contributed by atoms with Crippen molar-refractivity contribution in [2.45, 2.75) is 13.0 Å². The second kappa shape index (κ2) is 7.61. The van der Waals surface area contributed by atoms with Crippen LogP contribution in [0.15, 0.2) is 22.7 Å². The van der Waals surface area contributed by atoms with Gasteiger partial charge in [-0.1, -0.05) is 27.5 Å². The number of rotatable bonds is 6. The highest BCUT2D eigenvalue weighted by molar-refractivity contribution is 9.10. The number of benzene rings is 1. The van der Waals surface area contributed by atoms with Gasteiger partial charge < -0.3 is 15.4 Å². The molecule has 0 aliphatic rings. The topological polar surface area (TPSA) is 50.4 Å². The van der Waals surface area contributed by atoms with Crippen LogP contribution in [-0.4, -0.2) is 32.2 Å². The van der Waals surface area contributed by atoms with Crippen LogP contribution in [0.25, 0.3) is 0 Å². The maximum atomic E-state index is 11.7. The fraction of sp³-hybridized carbons (Fsp3) is 0.417. The Hall–Kier alpha value is -0.780. The quantitative estimate of drug-likeness (QED) is 0.786. The summed E-state index contributed by atoms with van der Waals surface area (Å²) in [7, 11) is 1.59. The number of carbonyl (C=O) groups is 1. The molecule has 18 heavy (non-hydrogen) atoms. The van der Waals surface area contributed by atoms with E-state index in [1.807, 2.05) is 12.1 Å². The molecular weight excluding hydrogens is 320 g/mol. The van der Waals surface area contributed by atoms with Crippen molar-refractivity contribution in [1.82, 2.24) is 5.32 Å². The molecule has 0 radical (unpaired) electrons. The summed E-state index contributed by atoms with van der Waals surface area (Å²) in [6.45, 7) is 2.77. The standard InChI is InChI=1S/C12H16BrClN2O2/c1-8(12(17)15-5-6-18-2)16-11-4-3-9(13)7-10(11)14/h3-4,7-8,16H,5-6H2,1-2H3,(H,15,17). The van der Waals surface area contributed by atoms with Crippen molar-refractivity contribution < 1.29 is 9.53 Å². The lowest BCUT2D eigenvalue weighted by Crippen LogP contribution is -2.39. The Morgan fingerprint density at radius 3 is 2.89 bits per heavy atom. The number of amides is 1. The van der Waals surface area contributed by atoms with E-state index in [4.69, 9.17) is 16.3 Å². The van der Waals surface area contributed by atoms with Crippen LogP contribution in [0.5, 0.6) is 0 Å². The van der Waals surface area contributed by atoms with Gasteiger partial charge in [-0.15, -0.1) is 0 Å². The SMILES string of the molecule is COCCNC(=O)C(C)Nc1ccc(Br)cc1Cl. The van der Waals surface area contributed by atoms with Gasteiger partial charge in [-0.2, -0.15) is 0 Å². The van der Waals surface area contributed by atoms with Crippen molar-refractivity contribution >= 4 is 39.1 Å². The van der Waals surface area contributed by atoms with Crippen molar-refractivity contribution in [1.29, 1.82) is 0 Å². The van der Waals surface area contributed by atoms with Crippen molar-refractivity contribution in [3.63, 3.8) is 0 Å². The Bertz CT molecular complexity index is 415. The molecule has 6 heteroatoms. The first-order valence-corrected chi connectivity index (χ1v) is 6.70. The predicted octanol–water partition coefficient (Wildman–Crippen LogP) is 2.67. The molecule has 0 fully saturated rings. The summed E-state index contributed by atoms with van der Waals surface area (Å²) in [5, 5.41) is 6.38. The van der Waals surface area contributed by atoms with E-state index in [2.05, 4.69) is 26.6 Å². The third kappa shape index (κ3) is 4.84. The average Bonchev–Trinajstić information content (AvgIpc) is 2.32. The summed E-state index contributed by atoms with van der Waals surface area (Å²) < 4.78 is 5.76. The number of nitrogens with one attached hydrogen (secondary N) is 2. The summed E-state index contributed by atoms with van der Waals surface area (Å²) in [5.41, 5.74) is 0.731. The summed E-state index contributed by atoms with van der Waals surface area (Å²) >= 11 is 9.39. The molecule has 1 amide bonds. The van der Waals surface area contributed by atoms with E-state index in [1.165, 1.54) is 0 Å². The number of carbonyl (C=O) groups excluding carboxylic acids is 1. The van der Waals surface area contributed by atoms with Crippen molar-refractivity contribution in [2.24, 2.45) is 0 Å². The number of anilines is 1. The minimum Gasteiger partial charge on any atom is -0.383 e. The number of hydrogen-bond donors (Lipinski definition) is 2. The summed E-state index contributed by atoms with van der Waals surface area (Å²) in [4.78, 5) is 11.7. The van der Waals surface area contributed by atoms with E-state index in [9.17, 15) is 4.79 Å². The molecule has 0 bridgehead atoms. The molecule has 1 aromatic carbocycles. The highest BCUT2D eigenvalue weighted by Gasteiger charge is 2.13. The van der Waals surface area contributed by atoms with E-state index >= 15 is 0 Å². The molecule has 1 rings (SSSR count). The first-order valence-electron chi connectivity index (χ1n) is 5.53. The first-order chi connectivity index (χ1) is 8.54. The van der Waals surface area contributed by atoms with E-state index < -0.39 is 0 Å². The van der Waals surface area contributed by atoms with Crippen LogP contribution >= 0.6 is 27.5 Å². The zero-order chi connectivity index (χ0) is 13.5. The smallest absolute Gasteiger partial charge is 0.242 e. The van der Waals surface area contributed by atoms with E-state index in [0.29, 0.717) is 18.2 Å². The third-order valence-corrected chi connectivity index (χ3v) is 3.11. The van der Waals surface area contributed by atoms with Crippen LogP contribution in [0.2, 0.25) is 5.02 Å². The van der Waals surface area contributed by atoms with Gasteiger partial charge in [0.2, 0.25) is 5.91 Å². The van der Waals surface area contributed by atoms with Gasteiger partial charge in [-0.05, 0) is 25.1 Å². The van der Waals surface area contributed by atoms with Crippen molar-refractivity contribution in [2.75, 3.05) is 25.6 Å². The number of halogens is 2. The molecule has 0 saturated carbocycles. The Balaban J connectivity index is 2.53. The Morgan fingerprint density at radius 2 is 2.28 bits per heavy atom. The first kappa shape index (κ1) is 15.3. The van der Waals surface area contributed by atoms with Gasteiger partial charge in [0.25, 0.3) is 0 Å². The fourth-order valence-corrected chi connectivity index (χ4v) is 2.06. The van der Waals surface area contributed by atoms with E-state index in [1.54, 1.807) is 20.1 Å². The molecule has 1 atom stereocenters. The van der Waals surface area contributed by atoms with Gasteiger partial charge in [-0.3, -0.25) is 4.79 Å². The fourth-order valence-electron chi connectivity index (χ4n) is 1.33. The number of methoxy groups -OCH3 is 1. The molecule has 0 aromatic heterocycles. The normalized spacial score (nSPS) is 12.0. The van der Waals surface area contributed by atoms with Crippen LogP contribution in [0.3, 0.4) is 0 Å². The second-order valence-corrected chi connectivity index (χ2v) is 5.10. The monoisotopic (exact) mass is 334 g/mol. The van der Waals surface area contributed by atoms with Crippen LogP contribution in [0.1, 0.15) is 6.92 Å². The van der Waals surface area contributed by atoms with Crippen LogP contribution in [0.4, 0.5) is 5.69 Å². The minimum absolute atomic E-state index is 0.0916. The summed E-state index contributed by atoms with van der Waals surface area (Å²) in [6.07, 6.45) is 0. The second-order valence-electron chi connectivity index (χ2n) is 3.77. The van der Waals surface area contributed by atoms with E-state index in [0.717, 1.165) is 10.2 Å². The molecule has 0 aliphatic heterocycles. The molecule has 2 N–H and O–H groups in total. The van der Waals surface area contributed by atoms with Crippen molar-refractivity contribution in [3.05, 3.63) is 27.7 Å². The van der Waals surface area contributed by atoms with Gasteiger partial charge in [-0.25, -0.2) is 0 Å². The summed E-state index contributed by atoms with van der Waals surface area (Å²) in [6, 6.07) is 5.11.